The van der Waals surface area contributed by atoms with Gasteiger partial charge in [-0.3, -0.25) is 10.1 Å². The van der Waals surface area contributed by atoms with Crippen LogP contribution in [0.5, 0.6) is 0 Å². The molecule has 0 spiro atoms. The predicted molar refractivity (Wildman–Crippen MR) is 83.6 cm³/mol. The van der Waals surface area contributed by atoms with Crippen molar-refractivity contribution in [2.75, 3.05) is 11.9 Å². The van der Waals surface area contributed by atoms with Crippen molar-refractivity contribution in [3.05, 3.63) is 23.9 Å². The van der Waals surface area contributed by atoms with Crippen LogP contribution in [0.3, 0.4) is 0 Å². The smallest absolute Gasteiger partial charge is 0.413 e. The van der Waals surface area contributed by atoms with Gasteiger partial charge in [0.1, 0.15) is 11.4 Å². The summed E-state index contributed by atoms with van der Waals surface area (Å²) in [6.07, 6.45) is 1.62. The van der Waals surface area contributed by atoms with Crippen molar-refractivity contribution in [2.45, 2.75) is 46.6 Å². The van der Waals surface area contributed by atoms with E-state index in [9.17, 15) is 9.59 Å². The Bertz CT molecular complexity index is 506. The molecule has 0 saturated carbocycles. The molecular weight excluding hydrogens is 284 g/mol. The van der Waals surface area contributed by atoms with Gasteiger partial charge in [0, 0.05) is 6.20 Å². The number of nitrogens with one attached hydrogen (secondary N) is 1. The lowest BCUT2D eigenvalue weighted by molar-refractivity contribution is -0.147. The number of carbonyl (C=O) groups excluding carboxylic acids is 2. The van der Waals surface area contributed by atoms with Gasteiger partial charge >= 0.3 is 12.1 Å². The van der Waals surface area contributed by atoms with E-state index >= 15 is 0 Å². The van der Waals surface area contributed by atoms with Gasteiger partial charge in [-0.05, 0) is 45.7 Å². The van der Waals surface area contributed by atoms with Crippen molar-refractivity contribution in [2.24, 2.45) is 5.92 Å². The van der Waals surface area contributed by atoms with Crippen LogP contribution in [0.2, 0.25) is 0 Å². The summed E-state index contributed by atoms with van der Waals surface area (Å²) in [6.45, 7) is 9.34. The van der Waals surface area contributed by atoms with Gasteiger partial charge in [0.25, 0.3) is 0 Å². The Kier molecular flexibility index (Phi) is 6.34. The Morgan fingerprint density at radius 1 is 1.32 bits per heavy atom. The zero-order valence-electron chi connectivity index (χ0n) is 13.8. The van der Waals surface area contributed by atoms with E-state index in [1.54, 1.807) is 40.0 Å². The number of esters is 1. The summed E-state index contributed by atoms with van der Waals surface area (Å²) in [7, 11) is 0. The van der Waals surface area contributed by atoms with Crippen LogP contribution in [0.4, 0.5) is 10.6 Å². The molecule has 1 aromatic heterocycles. The van der Waals surface area contributed by atoms with E-state index in [4.69, 9.17) is 9.47 Å². The van der Waals surface area contributed by atoms with Crippen LogP contribution < -0.4 is 5.32 Å². The third-order valence-electron chi connectivity index (χ3n) is 2.68. The molecule has 0 aromatic carbocycles. The molecule has 0 saturated heterocycles. The zero-order chi connectivity index (χ0) is 16.8. The molecule has 0 aliphatic rings. The molecular formula is C16H24N2O4. The Labute approximate surface area is 131 Å². The number of aromatic nitrogens is 1. The lowest BCUT2D eigenvalue weighted by Crippen LogP contribution is -2.27. The first-order valence-corrected chi connectivity index (χ1v) is 7.33. The molecule has 0 aliphatic heterocycles. The number of amides is 1. The van der Waals surface area contributed by atoms with E-state index in [-0.39, 0.29) is 11.9 Å². The highest BCUT2D eigenvalue weighted by Crippen LogP contribution is 2.13. The third kappa shape index (κ3) is 6.56. The molecule has 6 nitrogen and oxygen atoms in total. The minimum absolute atomic E-state index is 0.224. The second kappa shape index (κ2) is 7.77. The van der Waals surface area contributed by atoms with Crippen LogP contribution in [-0.4, -0.2) is 29.3 Å². The Hall–Kier alpha value is -2.11. The number of pyridine rings is 1. The number of hydrogen-bond acceptors (Lipinski definition) is 5. The van der Waals surface area contributed by atoms with E-state index in [2.05, 4.69) is 10.3 Å². The molecule has 0 fully saturated rings. The van der Waals surface area contributed by atoms with Crippen molar-refractivity contribution < 1.29 is 19.1 Å². The quantitative estimate of drug-likeness (QED) is 0.845. The van der Waals surface area contributed by atoms with Gasteiger partial charge in [0.05, 0.1) is 12.5 Å². The predicted octanol–water partition coefficient (Wildman–Crippen LogP) is 3.17. The van der Waals surface area contributed by atoms with E-state index in [1.807, 2.05) is 13.0 Å². The maximum absolute atomic E-state index is 11.6. The molecule has 1 N–H and O–H groups in total. The van der Waals surface area contributed by atoms with E-state index < -0.39 is 11.7 Å². The van der Waals surface area contributed by atoms with Gasteiger partial charge in [-0.25, -0.2) is 9.78 Å². The highest BCUT2D eigenvalue weighted by atomic mass is 16.6. The molecule has 0 aliphatic carbocycles. The van der Waals surface area contributed by atoms with Crippen LogP contribution >= 0.6 is 0 Å². The summed E-state index contributed by atoms with van der Waals surface area (Å²) >= 11 is 0. The molecule has 0 radical (unpaired) electrons. The minimum Gasteiger partial charge on any atom is -0.466 e. The normalized spacial score (nSPS) is 12.4. The Balaban J connectivity index is 2.56. The summed E-state index contributed by atoms with van der Waals surface area (Å²) in [5, 5.41) is 2.56. The maximum Gasteiger partial charge on any atom is 0.413 e. The van der Waals surface area contributed by atoms with Crippen LogP contribution in [0, 0.1) is 5.92 Å². The zero-order valence-corrected chi connectivity index (χ0v) is 13.8. The number of rotatable bonds is 5. The molecule has 1 heterocycles. The highest BCUT2D eigenvalue weighted by Gasteiger charge is 2.17. The maximum atomic E-state index is 11.6. The lowest BCUT2D eigenvalue weighted by atomic mass is 10.0. The molecule has 1 amide bonds. The van der Waals surface area contributed by atoms with Gasteiger partial charge in [-0.2, -0.15) is 0 Å². The number of ether oxygens (including phenoxy) is 2. The van der Waals surface area contributed by atoms with E-state index in [0.717, 1.165) is 5.56 Å². The Morgan fingerprint density at radius 3 is 2.50 bits per heavy atom. The fourth-order valence-electron chi connectivity index (χ4n) is 1.75. The second-order valence-electron chi connectivity index (χ2n) is 6.04. The van der Waals surface area contributed by atoms with Gasteiger partial charge in [0.2, 0.25) is 0 Å². The summed E-state index contributed by atoms with van der Waals surface area (Å²) < 4.78 is 10.1. The highest BCUT2D eigenvalue weighted by molar-refractivity contribution is 5.83. The van der Waals surface area contributed by atoms with Gasteiger partial charge in [-0.15, -0.1) is 0 Å². The number of anilines is 1. The summed E-state index contributed by atoms with van der Waals surface area (Å²) in [5.74, 6) is -0.0494. The molecule has 1 rings (SSSR count). The first-order chi connectivity index (χ1) is 10.2. The SMILES string of the molecule is CCOC(=O)C(C)Cc1ccc(NC(=O)OC(C)(C)C)nc1. The third-order valence-corrected chi connectivity index (χ3v) is 2.68. The molecule has 6 heteroatoms. The van der Waals surface area contributed by atoms with Gasteiger partial charge in [-0.1, -0.05) is 13.0 Å². The topological polar surface area (TPSA) is 77.5 Å². The van der Waals surface area contributed by atoms with Gasteiger partial charge in [0.15, 0.2) is 0 Å². The average molecular weight is 308 g/mol. The monoisotopic (exact) mass is 308 g/mol. The summed E-state index contributed by atoms with van der Waals surface area (Å²) in [6, 6.07) is 3.49. The Morgan fingerprint density at radius 2 is 2.00 bits per heavy atom. The molecule has 1 unspecified atom stereocenters. The van der Waals surface area contributed by atoms with Crippen molar-refractivity contribution in [1.29, 1.82) is 0 Å². The first kappa shape index (κ1) is 17.9. The number of nitrogens with zero attached hydrogens (tertiary/aromatic N) is 1. The van der Waals surface area contributed by atoms with Gasteiger partial charge < -0.3 is 9.47 Å². The standard InChI is InChI=1S/C16H24N2O4/c1-6-21-14(19)11(2)9-12-7-8-13(17-10-12)18-15(20)22-16(3,4)5/h7-8,10-11H,6,9H2,1-5H3,(H,17,18,20). The number of hydrogen-bond donors (Lipinski definition) is 1. The lowest BCUT2D eigenvalue weighted by Gasteiger charge is -2.19. The summed E-state index contributed by atoms with van der Waals surface area (Å²) in [5.41, 5.74) is 0.342. The minimum atomic E-state index is -0.556. The van der Waals surface area contributed by atoms with Crippen molar-refractivity contribution in [1.82, 2.24) is 4.98 Å². The largest absolute Gasteiger partial charge is 0.466 e. The van der Waals surface area contributed by atoms with Crippen LogP contribution in [0.1, 0.15) is 40.2 Å². The van der Waals surface area contributed by atoms with E-state index in [1.165, 1.54) is 0 Å². The molecule has 1 atom stereocenters. The van der Waals surface area contributed by atoms with Crippen LogP contribution in [0.15, 0.2) is 18.3 Å². The first-order valence-electron chi connectivity index (χ1n) is 7.33. The fourth-order valence-corrected chi connectivity index (χ4v) is 1.75. The van der Waals surface area contributed by atoms with Crippen LogP contribution in [-0.2, 0) is 20.7 Å². The molecule has 22 heavy (non-hydrogen) atoms. The number of carbonyl (C=O) groups is 2. The van der Waals surface area contributed by atoms with Crippen LogP contribution in [0.25, 0.3) is 0 Å². The van der Waals surface area contributed by atoms with E-state index in [0.29, 0.717) is 18.8 Å². The van der Waals surface area contributed by atoms with Crippen molar-refractivity contribution in [3.8, 4) is 0 Å². The fraction of sp³-hybridized carbons (Fsp3) is 0.562. The molecule has 122 valence electrons. The second-order valence-corrected chi connectivity index (χ2v) is 6.04. The molecule has 1 aromatic rings. The average Bonchev–Trinajstić information content (AvgIpc) is 2.39. The summed E-state index contributed by atoms with van der Waals surface area (Å²) in [4.78, 5) is 27.3. The van der Waals surface area contributed by atoms with Crippen molar-refractivity contribution >= 4 is 17.9 Å². The van der Waals surface area contributed by atoms with Crippen molar-refractivity contribution in [3.63, 3.8) is 0 Å². The molecule has 0 bridgehead atoms.